The molecule has 0 aliphatic heterocycles. The van der Waals surface area contributed by atoms with E-state index in [1.54, 1.807) is 0 Å². The van der Waals surface area contributed by atoms with Crippen molar-refractivity contribution in [3.8, 4) is 0 Å². The molecule has 0 saturated heterocycles. The average molecular weight is 294 g/mol. The van der Waals surface area contributed by atoms with E-state index in [1.165, 1.54) is 0 Å². The van der Waals surface area contributed by atoms with Crippen molar-refractivity contribution in [3.63, 3.8) is 0 Å². The van der Waals surface area contributed by atoms with Gasteiger partial charge in [0.1, 0.15) is 0 Å². The summed E-state index contributed by atoms with van der Waals surface area (Å²) in [5.41, 5.74) is 8.48. The zero-order valence-corrected chi connectivity index (χ0v) is 14.2. The largest absolute Gasteiger partial charge is 0.330 e. The lowest BCUT2D eigenvalue weighted by Gasteiger charge is -2.16. The second kappa shape index (κ2) is 7.59. The second-order valence-corrected chi connectivity index (χ2v) is 6.57. The highest BCUT2D eigenvalue weighted by Gasteiger charge is 2.18. The predicted octanol–water partition coefficient (Wildman–Crippen LogP) is 3.03. The first-order valence-corrected chi connectivity index (χ1v) is 7.81. The Hall–Kier alpha value is -1.36. The molecule has 5 nitrogen and oxygen atoms in total. The number of nitrogens with zero attached hydrogens (tertiary/aromatic N) is 2. The Balaban J connectivity index is 2.75. The van der Waals surface area contributed by atoms with Crippen LogP contribution in [0.3, 0.4) is 0 Å². The van der Waals surface area contributed by atoms with Gasteiger partial charge >= 0.3 is 0 Å². The van der Waals surface area contributed by atoms with E-state index in [4.69, 9.17) is 5.73 Å². The quantitative estimate of drug-likeness (QED) is 0.812. The monoisotopic (exact) mass is 294 g/mol. The van der Waals surface area contributed by atoms with Gasteiger partial charge in [0.05, 0.1) is 17.1 Å². The highest BCUT2D eigenvalue weighted by Crippen LogP contribution is 2.23. The molecule has 21 heavy (non-hydrogen) atoms. The van der Waals surface area contributed by atoms with Crippen molar-refractivity contribution in [2.75, 3.05) is 11.9 Å². The van der Waals surface area contributed by atoms with Crippen molar-refractivity contribution in [3.05, 3.63) is 11.4 Å². The molecule has 0 bridgehead atoms. The van der Waals surface area contributed by atoms with Gasteiger partial charge in [-0.15, -0.1) is 0 Å². The van der Waals surface area contributed by atoms with Crippen LogP contribution in [0.2, 0.25) is 0 Å². The molecule has 0 spiro atoms. The fourth-order valence-electron chi connectivity index (χ4n) is 2.73. The molecule has 1 rings (SSSR count). The molecule has 0 aliphatic carbocycles. The van der Waals surface area contributed by atoms with Crippen LogP contribution in [-0.2, 0) is 4.79 Å². The van der Waals surface area contributed by atoms with Crippen molar-refractivity contribution < 1.29 is 4.79 Å². The molecule has 1 aromatic rings. The molecule has 0 aliphatic rings. The van der Waals surface area contributed by atoms with E-state index in [2.05, 4.69) is 38.1 Å². The SMILES string of the molecule is Cc1nn(C(C)C)c(C)c1NC(=O)C[C@@H](CN)CC(C)C. The Kier molecular flexibility index (Phi) is 6.40. The Morgan fingerprint density at radius 1 is 1.29 bits per heavy atom. The second-order valence-electron chi connectivity index (χ2n) is 6.57. The topological polar surface area (TPSA) is 72.9 Å². The van der Waals surface area contributed by atoms with Crippen LogP contribution in [0.5, 0.6) is 0 Å². The maximum atomic E-state index is 12.2. The van der Waals surface area contributed by atoms with E-state index >= 15 is 0 Å². The van der Waals surface area contributed by atoms with E-state index in [0.29, 0.717) is 18.9 Å². The highest BCUT2D eigenvalue weighted by molar-refractivity contribution is 5.92. The average Bonchev–Trinajstić information content (AvgIpc) is 2.65. The fraction of sp³-hybridized carbons (Fsp3) is 0.750. The minimum absolute atomic E-state index is 0.0283. The van der Waals surface area contributed by atoms with Crippen LogP contribution in [0.4, 0.5) is 5.69 Å². The van der Waals surface area contributed by atoms with Crippen molar-refractivity contribution in [2.24, 2.45) is 17.6 Å². The number of aryl methyl sites for hydroxylation is 1. The Bertz CT molecular complexity index is 477. The summed E-state index contributed by atoms with van der Waals surface area (Å²) in [7, 11) is 0. The molecule has 0 radical (unpaired) electrons. The van der Waals surface area contributed by atoms with Crippen molar-refractivity contribution in [1.29, 1.82) is 0 Å². The van der Waals surface area contributed by atoms with Crippen LogP contribution >= 0.6 is 0 Å². The lowest BCUT2D eigenvalue weighted by molar-refractivity contribution is -0.117. The third-order valence-corrected chi connectivity index (χ3v) is 3.69. The number of nitrogens with two attached hydrogens (primary N) is 1. The first-order valence-electron chi connectivity index (χ1n) is 7.81. The first kappa shape index (κ1) is 17.7. The van der Waals surface area contributed by atoms with Gasteiger partial charge in [-0.2, -0.15) is 5.10 Å². The standard InChI is InChI=1S/C16H30N4O/c1-10(2)7-14(9-17)8-15(21)18-16-12(5)19-20(11(3)4)13(16)6/h10-11,14H,7-9,17H2,1-6H3,(H,18,21)/t14-/m0/s1. The summed E-state index contributed by atoms with van der Waals surface area (Å²) in [4.78, 5) is 12.2. The molecule has 1 amide bonds. The first-order chi connectivity index (χ1) is 9.76. The summed E-state index contributed by atoms with van der Waals surface area (Å²) < 4.78 is 1.94. The zero-order valence-electron chi connectivity index (χ0n) is 14.2. The molecule has 0 fully saturated rings. The van der Waals surface area contributed by atoms with E-state index in [1.807, 2.05) is 18.5 Å². The van der Waals surface area contributed by atoms with Crippen LogP contribution in [0.25, 0.3) is 0 Å². The molecule has 1 heterocycles. The molecule has 120 valence electrons. The minimum atomic E-state index is 0.0283. The Morgan fingerprint density at radius 2 is 1.90 bits per heavy atom. The summed E-state index contributed by atoms with van der Waals surface area (Å²) in [5, 5.41) is 7.50. The van der Waals surface area contributed by atoms with Gasteiger partial charge < -0.3 is 11.1 Å². The molecule has 1 aromatic heterocycles. The molecule has 1 atom stereocenters. The number of hydrogen-bond donors (Lipinski definition) is 2. The lowest BCUT2D eigenvalue weighted by Crippen LogP contribution is -2.23. The van der Waals surface area contributed by atoms with Crippen molar-refractivity contribution >= 4 is 11.6 Å². The number of rotatable bonds is 7. The number of hydrogen-bond acceptors (Lipinski definition) is 3. The van der Waals surface area contributed by atoms with Gasteiger partial charge in [-0.25, -0.2) is 0 Å². The van der Waals surface area contributed by atoms with E-state index in [0.717, 1.165) is 23.5 Å². The van der Waals surface area contributed by atoms with Gasteiger partial charge in [0, 0.05) is 12.5 Å². The van der Waals surface area contributed by atoms with Gasteiger partial charge in [-0.05, 0) is 52.5 Å². The van der Waals surface area contributed by atoms with Gasteiger partial charge in [0.15, 0.2) is 0 Å². The van der Waals surface area contributed by atoms with E-state index < -0.39 is 0 Å². The number of anilines is 1. The summed E-state index contributed by atoms with van der Waals surface area (Å²) in [6, 6.07) is 0.284. The third-order valence-electron chi connectivity index (χ3n) is 3.69. The maximum absolute atomic E-state index is 12.2. The van der Waals surface area contributed by atoms with Crippen LogP contribution < -0.4 is 11.1 Å². The summed E-state index contributed by atoms with van der Waals surface area (Å²) >= 11 is 0. The van der Waals surface area contributed by atoms with Crippen LogP contribution in [0.1, 0.15) is 58.0 Å². The smallest absolute Gasteiger partial charge is 0.224 e. The minimum Gasteiger partial charge on any atom is -0.330 e. The van der Waals surface area contributed by atoms with Gasteiger partial charge in [0.2, 0.25) is 5.91 Å². The summed E-state index contributed by atoms with van der Waals surface area (Å²) in [5.74, 6) is 0.824. The molecule has 0 aromatic carbocycles. The van der Waals surface area contributed by atoms with Crippen LogP contribution in [0.15, 0.2) is 0 Å². The van der Waals surface area contributed by atoms with Crippen molar-refractivity contribution in [1.82, 2.24) is 9.78 Å². The number of nitrogens with one attached hydrogen (secondary N) is 1. The van der Waals surface area contributed by atoms with Crippen LogP contribution in [0, 0.1) is 25.7 Å². The van der Waals surface area contributed by atoms with Gasteiger partial charge in [-0.1, -0.05) is 13.8 Å². The number of amides is 1. The number of carbonyl (C=O) groups is 1. The molecule has 5 heteroatoms. The highest BCUT2D eigenvalue weighted by atomic mass is 16.1. The summed E-state index contributed by atoms with van der Waals surface area (Å²) in [6.07, 6.45) is 1.45. The summed E-state index contributed by atoms with van der Waals surface area (Å²) in [6.45, 7) is 12.9. The maximum Gasteiger partial charge on any atom is 0.224 e. The van der Waals surface area contributed by atoms with Gasteiger partial charge in [-0.3, -0.25) is 9.48 Å². The Morgan fingerprint density at radius 3 is 2.33 bits per heavy atom. The van der Waals surface area contributed by atoms with E-state index in [9.17, 15) is 4.79 Å². The third kappa shape index (κ3) is 4.84. The van der Waals surface area contributed by atoms with E-state index in [-0.39, 0.29) is 17.9 Å². The molecular weight excluding hydrogens is 264 g/mol. The molecule has 0 unspecified atom stereocenters. The van der Waals surface area contributed by atoms with Gasteiger partial charge in [0.25, 0.3) is 0 Å². The predicted molar refractivity (Wildman–Crippen MR) is 87.3 cm³/mol. The fourth-order valence-corrected chi connectivity index (χ4v) is 2.73. The number of carbonyl (C=O) groups excluding carboxylic acids is 1. The van der Waals surface area contributed by atoms with Crippen LogP contribution in [-0.4, -0.2) is 22.2 Å². The molecule has 0 saturated carbocycles. The number of aromatic nitrogens is 2. The molecule has 3 N–H and O–H groups in total. The lowest BCUT2D eigenvalue weighted by atomic mass is 9.94. The van der Waals surface area contributed by atoms with Crippen molar-refractivity contribution in [2.45, 2.75) is 60.4 Å². The Labute approximate surface area is 128 Å². The normalized spacial score (nSPS) is 13.0. The zero-order chi connectivity index (χ0) is 16.2. The molecular formula is C16H30N4O.